The zero-order chi connectivity index (χ0) is 14.1. The molecule has 1 saturated heterocycles. The average molecular weight is 280 g/mol. The number of nitrogens with one attached hydrogen (secondary N) is 1. The molecule has 3 fully saturated rings. The van der Waals surface area contributed by atoms with E-state index in [2.05, 4.69) is 17.6 Å². The smallest absolute Gasteiger partial charge is 0.250 e. The Hall–Kier alpha value is -2.10. The predicted octanol–water partition coefficient (Wildman–Crippen LogP) is 1.75. The summed E-state index contributed by atoms with van der Waals surface area (Å²) in [6.07, 6.45) is 5.56. The summed E-state index contributed by atoms with van der Waals surface area (Å²) in [6, 6.07) is 9.38. The van der Waals surface area contributed by atoms with Crippen LogP contribution in [0.25, 0.3) is 0 Å². The van der Waals surface area contributed by atoms with Crippen LogP contribution in [0.4, 0.5) is 5.69 Å². The number of benzene rings is 1. The van der Waals surface area contributed by atoms with Crippen molar-refractivity contribution in [1.82, 2.24) is 5.43 Å². The van der Waals surface area contributed by atoms with Gasteiger partial charge in [0.15, 0.2) is 0 Å². The highest BCUT2D eigenvalue weighted by atomic mass is 16.2. The number of amides is 2. The lowest BCUT2D eigenvalue weighted by atomic mass is 9.61. The van der Waals surface area contributed by atoms with Crippen LogP contribution < -0.4 is 10.4 Å². The van der Waals surface area contributed by atoms with Crippen LogP contribution in [0, 0.1) is 35.5 Å². The van der Waals surface area contributed by atoms with Gasteiger partial charge in [-0.05, 0) is 42.2 Å². The Bertz CT molecular complexity index is 669. The van der Waals surface area contributed by atoms with Gasteiger partial charge in [0.05, 0.1) is 17.5 Å². The zero-order valence-electron chi connectivity index (χ0n) is 11.5. The fourth-order valence-corrected chi connectivity index (χ4v) is 4.73. The number of allylic oxidation sites excluding steroid dienone is 2. The molecule has 2 amide bonds. The van der Waals surface area contributed by atoms with Crippen molar-refractivity contribution in [1.29, 1.82) is 0 Å². The second kappa shape index (κ2) is 3.75. The number of nitrogens with zero attached hydrogens (tertiary/aromatic N) is 1. The Balaban J connectivity index is 1.56. The maximum atomic E-state index is 12.9. The standard InChI is InChI=1S/C17H16N2O2/c20-16-14-10-6-7-11(13-8-12(10)13)15(14)17(21)19(18-16)9-4-2-1-3-5-9/h1-7,10-15H,8H2,(H,18,20)/t10-,11-,12-,13-,14+,15+/m0/s1. The average Bonchev–Trinajstić information content (AvgIpc) is 3.33. The molecule has 5 aliphatic rings. The summed E-state index contributed by atoms with van der Waals surface area (Å²) in [5, 5.41) is 1.45. The molecule has 0 radical (unpaired) electrons. The highest BCUT2D eigenvalue weighted by molar-refractivity contribution is 6.04. The number of carbonyl (C=O) groups is 2. The predicted molar refractivity (Wildman–Crippen MR) is 76.8 cm³/mol. The SMILES string of the molecule is O=C1NN(c2ccccc2)C(=O)[C@@H]2[C@H]3C=C[C@@H]([C@@H]4C[C@@H]34)[C@@H]12. The van der Waals surface area contributed by atoms with E-state index in [9.17, 15) is 9.59 Å². The molecule has 1 aromatic rings. The first-order valence-electron chi connectivity index (χ1n) is 7.63. The Morgan fingerprint density at radius 3 is 2.33 bits per heavy atom. The Kier molecular flexibility index (Phi) is 2.06. The minimum atomic E-state index is -0.169. The lowest BCUT2D eigenvalue weighted by molar-refractivity contribution is -0.146. The number of rotatable bonds is 1. The molecule has 6 atom stereocenters. The van der Waals surface area contributed by atoms with Gasteiger partial charge in [0.25, 0.3) is 0 Å². The lowest BCUT2D eigenvalue weighted by Gasteiger charge is -2.48. The Morgan fingerprint density at radius 2 is 1.62 bits per heavy atom. The van der Waals surface area contributed by atoms with E-state index in [0.717, 1.165) is 5.69 Å². The molecule has 1 aliphatic heterocycles. The topological polar surface area (TPSA) is 49.4 Å². The summed E-state index contributed by atoms with van der Waals surface area (Å²) in [5.41, 5.74) is 3.56. The molecule has 1 N–H and O–H groups in total. The zero-order valence-corrected chi connectivity index (χ0v) is 11.5. The van der Waals surface area contributed by atoms with Gasteiger partial charge in [-0.25, -0.2) is 5.01 Å². The van der Waals surface area contributed by atoms with E-state index in [-0.39, 0.29) is 35.5 Å². The normalized spacial score (nSPS) is 42.4. The molecule has 0 aromatic heterocycles. The van der Waals surface area contributed by atoms with Crippen molar-refractivity contribution in [2.75, 3.05) is 5.01 Å². The number of para-hydroxylation sites is 1. The quantitative estimate of drug-likeness (QED) is 0.797. The van der Waals surface area contributed by atoms with Crippen LogP contribution in [-0.2, 0) is 9.59 Å². The number of hydrogen-bond donors (Lipinski definition) is 1. The van der Waals surface area contributed by atoms with Gasteiger partial charge < -0.3 is 0 Å². The van der Waals surface area contributed by atoms with E-state index < -0.39 is 0 Å². The third kappa shape index (κ3) is 1.40. The van der Waals surface area contributed by atoms with E-state index in [4.69, 9.17) is 0 Å². The minimum Gasteiger partial charge on any atom is -0.273 e. The molecule has 21 heavy (non-hydrogen) atoms. The lowest BCUT2D eigenvalue weighted by Crippen LogP contribution is -2.64. The molecule has 1 aromatic carbocycles. The van der Waals surface area contributed by atoms with E-state index in [1.165, 1.54) is 11.4 Å². The van der Waals surface area contributed by atoms with Crippen LogP contribution in [-0.4, -0.2) is 11.8 Å². The first-order chi connectivity index (χ1) is 10.3. The molecule has 2 bridgehead atoms. The summed E-state index contributed by atoms with van der Waals surface area (Å²) in [4.78, 5) is 25.5. The highest BCUT2D eigenvalue weighted by Crippen LogP contribution is 2.64. The van der Waals surface area contributed by atoms with Crippen LogP contribution in [0.5, 0.6) is 0 Å². The van der Waals surface area contributed by atoms with Gasteiger partial charge >= 0.3 is 0 Å². The van der Waals surface area contributed by atoms with Gasteiger partial charge in [0.1, 0.15) is 0 Å². The number of carbonyl (C=O) groups excluding carboxylic acids is 2. The molecule has 1 heterocycles. The van der Waals surface area contributed by atoms with Crippen LogP contribution in [0.2, 0.25) is 0 Å². The second-order valence-electron chi connectivity index (χ2n) is 6.64. The van der Waals surface area contributed by atoms with E-state index in [1.54, 1.807) is 0 Å². The number of anilines is 1. The van der Waals surface area contributed by atoms with Gasteiger partial charge in [0.2, 0.25) is 11.8 Å². The minimum absolute atomic E-state index is 0.00755. The Morgan fingerprint density at radius 1 is 0.952 bits per heavy atom. The van der Waals surface area contributed by atoms with Crippen molar-refractivity contribution < 1.29 is 9.59 Å². The maximum Gasteiger partial charge on any atom is 0.250 e. The molecule has 0 unspecified atom stereocenters. The van der Waals surface area contributed by atoms with Crippen LogP contribution in [0.3, 0.4) is 0 Å². The summed E-state index contributed by atoms with van der Waals surface area (Å²) in [7, 11) is 0. The van der Waals surface area contributed by atoms with Crippen molar-refractivity contribution >= 4 is 17.5 Å². The van der Waals surface area contributed by atoms with Gasteiger partial charge in [-0.1, -0.05) is 30.4 Å². The van der Waals surface area contributed by atoms with E-state index >= 15 is 0 Å². The maximum absolute atomic E-state index is 12.9. The van der Waals surface area contributed by atoms with Crippen molar-refractivity contribution in [3.63, 3.8) is 0 Å². The second-order valence-corrected chi connectivity index (χ2v) is 6.64. The van der Waals surface area contributed by atoms with Crippen molar-refractivity contribution in [2.24, 2.45) is 35.5 Å². The van der Waals surface area contributed by atoms with Crippen molar-refractivity contribution in [2.45, 2.75) is 6.42 Å². The van der Waals surface area contributed by atoms with Gasteiger partial charge in [0, 0.05) is 0 Å². The summed E-state index contributed by atoms with van der Waals surface area (Å²) in [5.74, 6) is 1.54. The third-order valence-electron chi connectivity index (χ3n) is 5.70. The van der Waals surface area contributed by atoms with Crippen LogP contribution in [0.15, 0.2) is 42.5 Å². The fourth-order valence-electron chi connectivity index (χ4n) is 4.73. The molecule has 106 valence electrons. The summed E-state index contributed by atoms with van der Waals surface area (Å²) in [6.45, 7) is 0. The molecule has 4 nitrogen and oxygen atoms in total. The van der Waals surface area contributed by atoms with Gasteiger partial charge in [-0.3, -0.25) is 15.0 Å². The molecule has 4 heteroatoms. The molecule has 0 spiro atoms. The number of hydrogen-bond acceptors (Lipinski definition) is 2. The van der Waals surface area contributed by atoms with E-state index in [1.807, 2.05) is 30.3 Å². The number of hydrazine groups is 1. The molecular formula is C17H16N2O2. The van der Waals surface area contributed by atoms with Crippen molar-refractivity contribution in [3.8, 4) is 0 Å². The first kappa shape index (κ1) is 11.5. The summed E-state index contributed by atoms with van der Waals surface area (Å²) >= 11 is 0. The molecule has 2 saturated carbocycles. The Labute approximate surface area is 122 Å². The fraction of sp³-hybridized carbons (Fsp3) is 0.412. The van der Waals surface area contributed by atoms with Gasteiger partial charge in [-0.15, -0.1) is 0 Å². The van der Waals surface area contributed by atoms with Crippen LogP contribution in [0.1, 0.15) is 6.42 Å². The third-order valence-corrected chi connectivity index (χ3v) is 5.70. The first-order valence-corrected chi connectivity index (χ1v) is 7.63. The molecular weight excluding hydrogens is 264 g/mol. The van der Waals surface area contributed by atoms with E-state index in [0.29, 0.717) is 11.8 Å². The molecule has 6 rings (SSSR count). The van der Waals surface area contributed by atoms with Crippen molar-refractivity contribution in [3.05, 3.63) is 42.5 Å². The molecule has 4 aliphatic carbocycles. The summed E-state index contributed by atoms with van der Waals surface area (Å²) < 4.78 is 0. The monoisotopic (exact) mass is 280 g/mol. The van der Waals surface area contributed by atoms with Crippen LogP contribution >= 0.6 is 0 Å². The highest BCUT2D eigenvalue weighted by Gasteiger charge is 2.64. The van der Waals surface area contributed by atoms with Gasteiger partial charge in [-0.2, -0.15) is 0 Å². The largest absolute Gasteiger partial charge is 0.273 e.